The zero-order valence-corrected chi connectivity index (χ0v) is 28.8. The SMILES string of the molecule is Cc1c(-c2ccc(F)c3sc(NC(=O)OC(C)(C)C)c(C#N)c23)c2c(c3c(N4C[C@H]5C[C@@H]4CN5C(=O)OC(C)(C)C)ncnc13)COC2. The first-order chi connectivity index (χ1) is 22.6. The topological polar surface area (TPSA) is 130 Å². The van der Waals surface area contributed by atoms with Gasteiger partial charge in [0.1, 0.15) is 40.2 Å². The molecule has 48 heavy (non-hydrogen) atoms. The van der Waals surface area contributed by atoms with Crippen LogP contribution in [-0.2, 0) is 27.4 Å². The third kappa shape index (κ3) is 5.37. The Morgan fingerprint density at radius 3 is 2.44 bits per heavy atom. The average molecular weight is 673 g/mol. The maximum absolute atomic E-state index is 15.4. The van der Waals surface area contributed by atoms with Crippen molar-refractivity contribution in [3.8, 4) is 17.2 Å². The second-order valence-electron chi connectivity index (χ2n) is 14.5. The molecular weight excluding hydrogens is 635 g/mol. The first-order valence-corrected chi connectivity index (χ1v) is 16.7. The maximum Gasteiger partial charge on any atom is 0.412 e. The van der Waals surface area contributed by atoms with Crippen LogP contribution in [0.25, 0.3) is 32.1 Å². The normalized spacial score (nSPS) is 18.8. The van der Waals surface area contributed by atoms with E-state index >= 15 is 4.39 Å². The van der Waals surface area contributed by atoms with Gasteiger partial charge in [0, 0.05) is 23.9 Å². The highest BCUT2D eigenvalue weighted by atomic mass is 32.1. The molecule has 11 nitrogen and oxygen atoms in total. The van der Waals surface area contributed by atoms with Gasteiger partial charge in [0.25, 0.3) is 0 Å². The van der Waals surface area contributed by atoms with E-state index in [9.17, 15) is 14.9 Å². The number of anilines is 2. The summed E-state index contributed by atoms with van der Waals surface area (Å²) in [5, 5.41) is 14.5. The van der Waals surface area contributed by atoms with E-state index in [2.05, 4.69) is 16.3 Å². The molecule has 250 valence electrons. The van der Waals surface area contributed by atoms with Crippen LogP contribution < -0.4 is 10.2 Å². The summed E-state index contributed by atoms with van der Waals surface area (Å²) < 4.78 is 32.8. The summed E-state index contributed by atoms with van der Waals surface area (Å²) in [6.07, 6.45) is 1.36. The van der Waals surface area contributed by atoms with E-state index < -0.39 is 23.1 Å². The Labute approximate surface area is 281 Å². The van der Waals surface area contributed by atoms with Gasteiger partial charge in [0.2, 0.25) is 0 Å². The van der Waals surface area contributed by atoms with Crippen LogP contribution in [0.3, 0.4) is 0 Å². The van der Waals surface area contributed by atoms with Crippen LogP contribution in [0.2, 0.25) is 0 Å². The van der Waals surface area contributed by atoms with Gasteiger partial charge in [-0.25, -0.2) is 23.9 Å². The van der Waals surface area contributed by atoms with Crippen LogP contribution in [0.1, 0.15) is 70.2 Å². The third-order valence-electron chi connectivity index (χ3n) is 8.95. The summed E-state index contributed by atoms with van der Waals surface area (Å²) in [7, 11) is 0. The minimum Gasteiger partial charge on any atom is -0.444 e. The standard InChI is InChI=1S/C35H37FN6O5S/c1-17-25(20-8-9-24(36)29-26(20)21(11-37)31(48-29)40-32(43)46-34(2,3)4)22-14-45-15-23(22)27-28(17)38-16-39-30(27)41-12-19-10-18(41)13-42(19)33(44)47-35(5,6)7/h8-9,16,18-19H,10,12-15H2,1-7H3,(H,40,43)/t18-,19-/m1/s1. The average Bonchev–Trinajstić information content (AvgIpc) is 3.79. The maximum atomic E-state index is 15.4. The molecule has 3 aliphatic rings. The third-order valence-corrected chi connectivity index (χ3v) is 10.1. The molecule has 2 atom stereocenters. The quantitative estimate of drug-likeness (QED) is 0.237. The van der Waals surface area contributed by atoms with E-state index in [1.54, 1.807) is 33.2 Å². The number of amides is 2. The van der Waals surface area contributed by atoms with Crippen molar-refractivity contribution in [3.05, 3.63) is 46.5 Å². The van der Waals surface area contributed by atoms with Crippen molar-refractivity contribution in [1.82, 2.24) is 14.9 Å². The van der Waals surface area contributed by atoms with Crippen molar-refractivity contribution in [3.63, 3.8) is 0 Å². The van der Waals surface area contributed by atoms with Gasteiger partial charge < -0.3 is 24.0 Å². The van der Waals surface area contributed by atoms with Gasteiger partial charge in [-0.1, -0.05) is 6.07 Å². The number of ether oxygens (including phenoxy) is 3. The molecule has 4 aromatic rings. The van der Waals surface area contributed by atoms with E-state index in [0.29, 0.717) is 37.3 Å². The van der Waals surface area contributed by atoms with Crippen LogP contribution in [0.4, 0.5) is 24.8 Å². The summed E-state index contributed by atoms with van der Waals surface area (Å²) >= 11 is 1.00. The molecule has 0 saturated carbocycles. The highest BCUT2D eigenvalue weighted by Gasteiger charge is 2.47. The summed E-state index contributed by atoms with van der Waals surface area (Å²) in [6, 6.07) is 5.37. The van der Waals surface area contributed by atoms with Crippen molar-refractivity contribution in [2.45, 2.75) is 91.4 Å². The summed E-state index contributed by atoms with van der Waals surface area (Å²) in [4.78, 5) is 39.2. The molecule has 3 aliphatic heterocycles. The number of thiophene rings is 1. The van der Waals surface area contributed by atoms with E-state index in [1.807, 2.05) is 32.6 Å². The van der Waals surface area contributed by atoms with E-state index in [1.165, 1.54) is 6.07 Å². The molecule has 2 fully saturated rings. The van der Waals surface area contributed by atoms with Crippen molar-refractivity contribution in [1.29, 1.82) is 5.26 Å². The van der Waals surface area contributed by atoms with Crippen molar-refractivity contribution in [2.75, 3.05) is 23.3 Å². The molecular formula is C35H37FN6O5S. The van der Waals surface area contributed by atoms with E-state index in [4.69, 9.17) is 24.2 Å². The monoisotopic (exact) mass is 672 g/mol. The predicted molar refractivity (Wildman–Crippen MR) is 181 cm³/mol. The van der Waals surface area contributed by atoms with Crippen LogP contribution in [0, 0.1) is 24.1 Å². The minimum absolute atomic E-state index is 0.0125. The molecule has 0 aliphatic carbocycles. The fourth-order valence-corrected chi connectivity index (χ4v) is 8.25. The van der Waals surface area contributed by atoms with Gasteiger partial charge in [-0.05, 0) is 88.8 Å². The predicted octanol–water partition coefficient (Wildman–Crippen LogP) is 7.41. The Morgan fingerprint density at radius 2 is 1.77 bits per heavy atom. The van der Waals surface area contributed by atoms with Gasteiger partial charge in [-0.3, -0.25) is 5.32 Å². The number of halogens is 1. The molecule has 13 heteroatoms. The second-order valence-corrected chi connectivity index (χ2v) is 15.6. The number of hydrogen-bond acceptors (Lipinski definition) is 10. The Hall–Kier alpha value is -4.54. The first-order valence-electron chi connectivity index (χ1n) is 15.9. The number of likely N-dealkylation sites (tertiary alicyclic amines) is 1. The zero-order chi connectivity index (χ0) is 34.3. The molecule has 0 spiro atoms. The number of piperazine rings is 1. The Balaban J connectivity index is 1.32. The smallest absolute Gasteiger partial charge is 0.412 e. The number of nitrogens with one attached hydrogen (secondary N) is 1. The molecule has 2 bridgehead atoms. The van der Waals surface area contributed by atoms with Crippen LogP contribution in [-0.4, -0.2) is 63.4 Å². The Bertz CT molecular complexity index is 2060. The highest BCUT2D eigenvalue weighted by Crippen LogP contribution is 2.49. The Kier molecular flexibility index (Phi) is 7.52. The number of nitriles is 1. The molecule has 5 heterocycles. The number of fused-ring (bicyclic) bond motifs is 6. The lowest BCUT2D eigenvalue weighted by Gasteiger charge is -2.36. The van der Waals surface area contributed by atoms with Gasteiger partial charge in [0.15, 0.2) is 0 Å². The lowest BCUT2D eigenvalue weighted by Crippen LogP contribution is -2.50. The van der Waals surface area contributed by atoms with Crippen molar-refractivity contribution < 1.29 is 28.2 Å². The number of carbonyl (C=O) groups excluding carboxylic acids is 2. The lowest BCUT2D eigenvalue weighted by molar-refractivity contribution is 0.0214. The lowest BCUT2D eigenvalue weighted by atomic mass is 9.87. The van der Waals surface area contributed by atoms with Gasteiger partial charge >= 0.3 is 12.2 Å². The highest BCUT2D eigenvalue weighted by molar-refractivity contribution is 7.23. The number of hydrogen-bond donors (Lipinski definition) is 1. The van der Waals surface area contributed by atoms with Gasteiger partial charge in [0.05, 0.1) is 41.1 Å². The van der Waals surface area contributed by atoms with Crippen molar-refractivity contribution >= 4 is 55.3 Å². The number of rotatable bonds is 3. The number of benzene rings is 2. The van der Waals surface area contributed by atoms with E-state index in [-0.39, 0.29) is 33.4 Å². The van der Waals surface area contributed by atoms with Crippen LogP contribution in [0.5, 0.6) is 0 Å². The largest absolute Gasteiger partial charge is 0.444 e. The number of nitrogens with zero attached hydrogens (tertiary/aromatic N) is 5. The Morgan fingerprint density at radius 1 is 1.04 bits per heavy atom. The zero-order valence-electron chi connectivity index (χ0n) is 28.0. The molecule has 2 amide bonds. The van der Waals surface area contributed by atoms with Crippen LogP contribution >= 0.6 is 11.3 Å². The second kappa shape index (κ2) is 11.3. The van der Waals surface area contributed by atoms with E-state index in [0.717, 1.165) is 56.7 Å². The fourth-order valence-electron chi connectivity index (χ4n) is 7.18. The number of aromatic nitrogens is 2. The van der Waals surface area contributed by atoms with Crippen LogP contribution in [0.15, 0.2) is 18.5 Å². The summed E-state index contributed by atoms with van der Waals surface area (Å²) in [6.45, 7) is 14.6. The molecule has 2 aromatic heterocycles. The van der Waals surface area contributed by atoms with Gasteiger partial charge in [-0.2, -0.15) is 5.26 Å². The molecule has 0 radical (unpaired) electrons. The van der Waals surface area contributed by atoms with Gasteiger partial charge in [-0.15, -0.1) is 11.3 Å². The van der Waals surface area contributed by atoms with Crippen molar-refractivity contribution in [2.24, 2.45) is 0 Å². The molecule has 2 aromatic carbocycles. The first kappa shape index (κ1) is 32.0. The number of aryl methyl sites for hydroxylation is 1. The molecule has 2 saturated heterocycles. The summed E-state index contributed by atoms with van der Waals surface area (Å²) in [5.41, 5.74) is 3.79. The fraction of sp³-hybridized carbons (Fsp3) is 0.457. The molecule has 1 N–H and O–H groups in total. The summed E-state index contributed by atoms with van der Waals surface area (Å²) in [5.74, 6) is 0.307. The molecule has 0 unspecified atom stereocenters. The minimum atomic E-state index is -0.750. The number of carbonyl (C=O) groups is 2. The molecule has 7 rings (SSSR count).